The predicted octanol–water partition coefficient (Wildman–Crippen LogP) is 14.4. The number of carboxylic acids is 1. The Morgan fingerprint density at radius 1 is 0.508 bits per heavy atom. The normalized spacial score (nSPS) is 13.3. The second-order valence-electron chi connectivity index (χ2n) is 18.1. The number of carboxylic acid groups (broad SMARTS) is 1. The first kappa shape index (κ1) is 58.3. The highest BCUT2D eigenvalue weighted by molar-refractivity contribution is 5.72. The zero-order valence-electron chi connectivity index (χ0n) is 40.4. The van der Waals surface area contributed by atoms with Crippen molar-refractivity contribution in [2.45, 2.75) is 231 Å². The maximum atomic E-state index is 12.7. The van der Waals surface area contributed by atoms with Crippen LogP contribution in [0.2, 0.25) is 0 Å². The van der Waals surface area contributed by atoms with Crippen LogP contribution in [-0.2, 0) is 28.6 Å². The highest BCUT2D eigenvalue weighted by Crippen LogP contribution is 2.16. The zero-order chi connectivity index (χ0) is 44.9. The van der Waals surface area contributed by atoms with Gasteiger partial charge in [0.25, 0.3) is 0 Å². The second-order valence-corrected chi connectivity index (χ2v) is 18.1. The van der Waals surface area contributed by atoms with Crippen molar-refractivity contribution < 1.29 is 38.2 Å². The summed E-state index contributed by atoms with van der Waals surface area (Å²) in [6.07, 6.45) is 53.2. The first-order valence-corrected chi connectivity index (χ1v) is 25.2. The van der Waals surface area contributed by atoms with Crippen LogP contribution in [0.25, 0.3) is 0 Å². The van der Waals surface area contributed by atoms with E-state index in [-0.39, 0.29) is 42.7 Å². The molecule has 0 spiro atoms. The molecule has 0 aromatic heterocycles. The molecule has 0 fully saturated rings. The molecule has 0 aliphatic carbocycles. The summed E-state index contributed by atoms with van der Waals surface area (Å²) < 4.78 is 17.3. The van der Waals surface area contributed by atoms with E-state index in [2.05, 4.69) is 62.5 Å². The third-order valence-corrected chi connectivity index (χ3v) is 11.2. The maximum absolute atomic E-state index is 12.7. The first-order valence-electron chi connectivity index (χ1n) is 25.2. The molecule has 0 heterocycles. The van der Waals surface area contributed by atoms with Crippen LogP contribution in [0.5, 0.6) is 0 Å². The van der Waals surface area contributed by atoms with Crippen molar-refractivity contribution in [2.24, 2.45) is 0 Å². The molecular formula is C53H96NO7+. The van der Waals surface area contributed by atoms with Crippen molar-refractivity contribution in [3.05, 3.63) is 48.6 Å². The van der Waals surface area contributed by atoms with Gasteiger partial charge in [0.15, 0.2) is 12.1 Å². The van der Waals surface area contributed by atoms with E-state index < -0.39 is 18.1 Å². The second kappa shape index (κ2) is 43.9. The van der Waals surface area contributed by atoms with E-state index in [0.29, 0.717) is 19.3 Å². The van der Waals surface area contributed by atoms with Gasteiger partial charge in [-0.25, -0.2) is 4.79 Å². The molecule has 0 aromatic rings. The molecule has 0 amide bonds. The van der Waals surface area contributed by atoms with Gasteiger partial charge in [-0.2, -0.15) is 0 Å². The molecule has 354 valence electrons. The molecule has 8 heteroatoms. The monoisotopic (exact) mass is 859 g/mol. The quantitative estimate of drug-likeness (QED) is 0.0282. The standard InChI is InChI=1S/C53H95NO7/c1-6-8-10-12-14-16-18-20-22-23-24-25-26-27-28-30-31-33-35-37-39-41-43-51(55)60-48-49(47-59-46-45-50(53(57)58)54(3,4)5)61-52(56)44-42-40-38-36-34-32-29-21-19-17-15-13-11-9-7-2/h9,11,15,17,21,29,34,36,49-50H,6-8,10,12-14,16,18-20,22-28,30-33,35,37-48H2,1-5H3/p+1/b11-9-,17-15-,29-21-,36-34-. The molecular weight excluding hydrogens is 763 g/mol. The summed E-state index contributed by atoms with van der Waals surface area (Å²) in [4.78, 5) is 37.1. The fourth-order valence-electron chi connectivity index (χ4n) is 7.38. The molecule has 0 aliphatic rings. The highest BCUT2D eigenvalue weighted by Gasteiger charge is 2.31. The largest absolute Gasteiger partial charge is 0.477 e. The molecule has 0 aliphatic heterocycles. The number of carbonyl (C=O) groups is 3. The third kappa shape index (κ3) is 42.4. The molecule has 8 nitrogen and oxygen atoms in total. The number of carbonyl (C=O) groups excluding carboxylic acids is 2. The van der Waals surface area contributed by atoms with Gasteiger partial charge < -0.3 is 23.8 Å². The number of likely N-dealkylation sites (N-methyl/N-ethyl adjacent to an activating group) is 1. The molecule has 0 bridgehead atoms. The van der Waals surface area contributed by atoms with Gasteiger partial charge in [0.05, 0.1) is 34.4 Å². The van der Waals surface area contributed by atoms with E-state index in [9.17, 15) is 19.5 Å². The minimum Gasteiger partial charge on any atom is -0.477 e. The maximum Gasteiger partial charge on any atom is 0.362 e. The summed E-state index contributed by atoms with van der Waals surface area (Å²) in [5.41, 5.74) is 0. The Morgan fingerprint density at radius 3 is 1.36 bits per heavy atom. The van der Waals surface area contributed by atoms with E-state index in [1.165, 1.54) is 122 Å². The van der Waals surface area contributed by atoms with Gasteiger partial charge in [0, 0.05) is 19.3 Å². The Balaban J connectivity index is 4.23. The number of unbranched alkanes of at least 4 members (excludes halogenated alkanes) is 23. The summed E-state index contributed by atoms with van der Waals surface area (Å²) in [7, 11) is 5.52. The van der Waals surface area contributed by atoms with Crippen molar-refractivity contribution in [1.29, 1.82) is 0 Å². The first-order chi connectivity index (χ1) is 29.6. The molecule has 0 saturated heterocycles. The van der Waals surface area contributed by atoms with Gasteiger partial charge in [0.1, 0.15) is 6.61 Å². The average Bonchev–Trinajstić information content (AvgIpc) is 3.22. The number of ether oxygens (including phenoxy) is 3. The Hall–Kier alpha value is -2.71. The topological polar surface area (TPSA) is 99.1 Å². The van der Waals surface area contributed by atoms with Crippen LogP contribution in [0.4, 0.5) is 0 Å². The van der Waals surface area contributed by atoms with Crippen LogP contribution in [0.15, 0.2) is 48.6 Å². The summed E-state index contributed by atoms with van der Waals surface area (Å²) in [5, 5.41) is 9.64. The van der Waals surface area contributed by atoms with Crippen molar-refractivity contribution in [3.63, 3.8) is 0 Å². The summed E-state index contributed by atoms with van der Waals surface area (Å²) in [6.45, 7) is 4.60. The smallest absolute Gasteiger partial charge is 0.362 e. The van der Waals surface area contributed by atoms with Gasteiger partial charge in [-0.1, -0.05) is 197 Å². The van der Waals surface area contributed by atoms with Crippen LogP contribution in [-0.4, -0.2) is 80.6 Å². The predicted molar refractivity (Wildman–Crippen MR) is 257 cm³/mol. The van der Waals surface area contributed by atoms with Crippen LogP contribution in [0.1, 0.15) is 219 Å². The van der Waals surface area contributed by atoms with Crippen LogP contribution < -0.4 is 0 Å². The minimum atomic E-state index is -0.881. The van der Waals surface area contributed by atoms with Gasteiger partial charge in [-0.05, 0) is 51.4 Å². The number of rotatable bonds is 45. The van der Waals surface area contributed by atoms with Crippen LogP contribution in [0, 0.1) is 0 Å². The lowest BCUT2D eigenvalue weighted by Gasteiger charge is -2.31. The number of allylic oxidation sites excluding steroid dienone is 8. The van der Waals surface area contributed by atoms with E-state index in [0.717, 1.165) is 57.8 Å². The molecule has 2 atom stereocenters. The lowest BCUT2D eigenvalue weighted by Crippen LogP contribution is -2.50. The van der Waals surface area contributed by atoms with Gasteiger partial charge >= 0.3 is 17.9 Å². The Bertz CT molecular complexity index is 1140. The molecule has 61 heavy (non-hydrogen) atoms. The summed E-state index contributed by atoms with van der Waals surface area (Å²) in [6, 6.07) is -0.622. The van der Waals surface area contributed by atoms with Crippen molar-refractivity contribution in [3.8, 4) is 0 Å². The number of aliphatic carboxylic acids is 1. The summed E-state index contributed by atoms with van der Waals surface area (Å²) >= 11 is 0. The van der Waals surface area contributed by atoms with Crippen LogP contribution >= 0.6 is 0 Å². The van der Waals surface area contributed by atoms with Gasteiger partial charge in [0.2, 0.25) is 0 Å². The Labute approximate surface area is 376 Å². The average molecular weight is 859 g/mol. The number of hydrogen-bond donors (Lipinski definition) is 1. The number of esters is 2. The van der Waals surface area contributed by atoms with Gasteiger partial charge in [-0.3, -0.25) is 9.59 Å². The van der Waals surface area contributed by atoms with E-state index >= 15 is 0 Å². The van der Waals surface area contributed by atoms with Crippen molar-refractivity contribution in [1.82, 2.24) is 0 Å². The molecule has 0 saturated carbocycles. The number of quaternary nitrogens is 1. The fourth-order valence-corrected chi connectivity index (χ4v) is 7.38. The molecule has 0 aromatic carbocycles. The minimum absolute atomic E-state index is 0.0455. The zero-order valence-corrected chi connectivity index (χ0v) is 40.4. The van der Waals surface area contributed by atoms with Crippen LogP contribution in [0.3, 0.4) is 0 Å². The lowest BCUT2D eigenvalue weighted by molar-refractivity contribution is -0.887. The molecule has 0 rings (SSSR count). The lowest BCUT2D eigenvalue weighted by atomic mass is 10.0. The highest BCUT2D eigenvalue weighted by atomic mass is 16.6. The SMILES string of the molecule is CC/C=C\C/C=C\C/C=C\C/C=C\CCCCC(=O)OC(COCCC(C(=O)O)[N+](C)(C)C)COC(=O)CCCCCCCCCCCCCCCCCCCCCCCC. The van der Waals surface area contributed by atoms with E-state index in [1.54, 1.807) is 0 Å². The molecule has 2 unspecified atom stereocenters. The van der Waals surface area contributed by atoms with Gasteiger partial charge in [-0.15, -0.1) is 0 Å². The van der Waals surface area contributed by atoms with E-state index in [4.69, 9.17) is 14.2 Å². The Kier molecular flexibility index (Phi) is 42.0. The fraction of sp³-hybridized carbons (Fsp3) is 0.792. The molecule has 1 N–H and O–H groups in total. The molecule has 0 radical (unpaired) electrons. The number of nitrogens with zero attached hydrogens (tertiary/aromatic N) is 1. The third-order valence-electron chi connectivity index (χ3n) is 11.2. The summed E-state index contributed by atoms with van der Waals surface area (Å²) in [5.74, 6) is -1.51. The van der Waals surface area contributed by atoms with E-state index in [1.807, 2.05) is 21.1 Å². The Morgan fingerprint density at radius 2 is 0.918 bits per heavy atom. The number of hydrogen-bond acceptors (Lipinski definition) is 6. The van der Waals surface area contributed by atoms with Crippen molar-refractivity contribution >= 4 is 17.9 Å². The van der Waals surface area contributed by atoms with Crippen molar-refractivity contribution in [2.75, 3.05) is 41.0 Å².